The van der Waals surface area contributed by atoms with E-state index in [0.29, 0.717) is 18.4 Å². The first-order chi connectivity index (χ1) is 9.77. The molecule has 0 spiro atoms. The fourth-order valence-electron chi connectivity index (χ4n) is 2.93. The zero-order valence-corrected chi connectivity index (χ0v) is 13.2. The largest absolute Gasteiger partial charge is 0.455 e. The molecule has 0 aliphatic heterocycles. The monoisotopic (exact) mass is 314 g/mol. The molecule has 1 amide bonds. The number of primary sulfonamides is 1. The number of hydrogen-bond donors (Lipinski definition) is 2. The van der Waals surface area contributed by atoms with E-state index in [2.05, 4.69) is 12.2 Å². The molecule has 6 nitrogen and oxygen atoms in total. The van der Waals surface area contributed by atoms with Crippen LogP contribution < -0.4 is 10.5 Å². The number of nitrogens with one attached hydrogen (secondary N) is 1. The number of sulfonamides is 1. The zero-order chi connectivity index (χ0) is 15.6. The Balaban J connectivity index is 1.98. The molecule has 2 unspecified atom stereocenters. The van der Waals surface area contributed by atoms with E-state index in [9.17, 15) is 13.2 Å². The molecule has 0 bridgehead atoms. The van der Waals surface area contributed by atoms with Gasteiger partial charge in [0.15, 0.2) is 5.76 Å². The highest BCUT2D eigenvalue weighted by Gasteiger charge is 2.23. The van der Waals surface area contributed by atoms with Gasteiger partial charge in [-0.3, -0.25) is 4.79 Å². The summed E-state index contributed by atoms with van der Waals surface area (Å²) < 4.78 is 27.8. The van der Waals surface area contributed by atoms with Gasteiger partial charge >= 0.3 is 0 Å². The molecule has 2 atom stereocenters. The van der Waals surface area contributed by atoms with Crippen molar-refractivity contribution in [3.63, 3.8) is 0 Å². The van der Waals surface area contributed by atoms with Crippen LogP contribution in [0.3, 0.4) is 0 Å². The lowest BCUT2D eigenvalue weighted by molar-refractivity contribution is 0.0911. The molecule has 1 fully saturated rings. The Morgan fingerprint density at radius 1 is 1.48 bits per heavy atom. The Kier molecular flexibility index (Phi) is 4.73. The van der Waals surface area contributed by atoms with Crippen molar-refractivity contribution in [1.29, 1.82) is 0 Å². The third-order valence-corrected chi connectivity index (χ3v) is 5.02. The Morgan fingerprint density at radius 2 is 2.19 bits per heavy atom. The molecule has 0 saturated heterocycles. The number of aryl methyl sites for hydroxylation is 1. The first-order valence-corrected chi connectivity index (χ1v) is 8.73. The minimum absolute atomic E-state index is 0.0135. The Hall–Kier alpha value is -1.34. The van der Waals surface area contributed by atoms with Crippen molar-refractivity contribution < 1.29 is 17.6 Å². The van der Waals surface area contributed by atoms with Crippen LogP contribution in [0.2, 0.25) is 0 Å². The van der Waals surface area contributed by atoms with Gasteiger partial charge in [0, 0.05) is 12.6 Å². The highest BCUT2D eigenvalue weighted by atomic mass is 32.2. The Labute approximate surface area is 125 Å². The van der Waals surface area contributed by atoms with Crippen LogP contribution >= 0.6 is 0 Å². The first kappa shape index (κ1) is 16.0. The van der Waals surface area contributed by atoms with Gasteiger partial charge in [-0.25, -0.2) is 13.6 Å². The van der Waals surface area contributed by atoms with Crippen molar-refractivity contribution in [3.05, 3.63) is 17.6 Å². The van der Waals surface area contributed by atoms with Crippen molar-refractivity contribution in [2.45, 2.75) is 44.4 Å². The van der Waals surface area contributed by atoms with Crippen LogP contribution in [0.5, 0.6) is 0 Å². The summed E-state index contributed by atoms with van der Waals surface area (Å²) in [5.41, 5.74) is 0. The van der Waals surface area contributed by atoms with Crippen LogP contribution in [0.25, 0.3) is 0 Å². The van der Waals surface area contributed by atoms with Crippen LogP contribution in [-0.2, 0) is 10.0 Å². The van der Waals surface area contributed by atoms with Crippen LogP contribution in [-0.4, -0.2) is 20.9 Å². The lowest BCUT2D eigenvalue weighted by atomic mass is 9.82. The average molecular weight is 314 g/mol. The highest BCUT2D eigenvalue weighted by Crippen LogP contribution is 2.28. The molecule has 3 N–H and O–H groups in total. The van der Waals surface area contributed by atoms with Gasteiger partial charge in [-0.2, -0.15) is 0 Å². The van der Waals surface area contributed by atoms with Gasteiger partial charge in [0.2, 0.25) is 10.0 Å². The predicted octanol–water partition coefficient (Wildman–Crippen LogP) is 1.79. The summed E-state index contributed by atoms with van der Waals surface area (Å²) in [6, 6.07) is 1.18. The van der Waals surface area contributed by atoms with Crippen LogP contribution in [0, 0.1) is 18.8 Å². The second-order valence-corrected chi connectivity index (χ2v) is 7.45. The molecule has 7 heteroatoms. The summed E-state index contributed by atoms with van der Waals surface area (Å²) in [5.74, 6) is 0.896. The van der Waals surface area contributed by atoms with E-state index < -0.39 is 15.9 Å². The Morgan fingerprint density at radius 3 is 2.76 bits per heavy atom. The van der Waals surface area contributed by atoms with E-state index in [4.69, 9.17) is 9.56 Å². The third-order valence-electron chi connectivity index (χ3n) is 4.00. The number of rotatable bonds is 4. The molecule has 2 rings (SSSR count). The summed E-state index contributed by atoms with van der Waals surface area (Å²) in [6.07, 6.45) is 4.67. The molecular weight excluding hydrogens is 292 g/mol. The zero-order valence-electron chi connectivity index (χ0n) is 12.4. The smallest absolute Gasteiger partial charge is 0.287 e. The molecular formula is C14H22N2O4S. The second kappa shape index (κ2) is 6.19. The SMILES string of the molecule is Cc1oc(C(=O)NCC2CCCC(C)C2)cc1S(N)(=O)=O. The summed E-state index contributed by atoms with van der Waals surface area (Å²) in [6.45, 7) is 4.29. The number of carbonyl (C=O) groups is 1. The number of carbonyl (C=O) groups excluding carboxylic acids is 1. The topological polar surface area (TPSA) is 102 Å². The normalized spacial score (nSPS) is 23.0. The van der Waals surface area contributed by atoms with Crippen LogP contribution in [0.15, 0.2) is 15.4 Å². The maximum absolute atomic E-state index is 12.0. The molecule has 1 heterocycles. The lowest BCUT2D eigenvalue weighted by Crippen LogP contribution is -2.31. The molecule has 0 radical (unpaired) electrons. The van der Waals surface area contributed by atoms with Crippen molar-refractivity contribution in [1.82, 2.24) is 5.32 Å². The van der Waals surface area contributed by atoms with Crippen molar-refractivity contribution in [3.8, 4) is 0 Å². The molecule has 1 saturated carbocycles. The molecule has 1 aromatic heterocycles. The summed E-state index contributed by atoms with van der Waals surface area (Å²) in [7, 11) is -3.86. The first-order valence-electron chi connectivity index (χ1n) is 7.19. The summed E-state index contributed by atoms with van der Waals surface area (Å²) in [4.78, 5) is 11.9. The quantitative estimate of drug-likeness (QED) is 0.884. The van der Waals surface area contributed by atoms with Gasteiger partial charge in [0.25, 0.3) is 5.91 Å². The maximum atomic E-state index is 12.0. The number of furan rings is 1. The number of hydrogen-bond acceptors (Lipinski definition) is 4. The van der Waals surface area contributed by atoms with E-state index in [1.165, 1.54) is 25.8 Å². The third kappa shape index (κ3) is 4.07. The summed E-state index contributed by atoms with van der Waals surface area (Å²) in [5, 5.41) is 7.87. The predicted molar refractivity (Wildman–Crippen MR) is 78.3 cm³/mol. The summed E-state index contributed by atoms with van der Waals surface area (Å²) >= 11 is 0. The molecule has 1 aliphatic carbocycles. The van der Waals surface area contributed by atoms with Gasteiger partial charge in [0.1, 0.15) is 10.7 Å². The molecule has 0 aromatic carbocycles. The molecule has 1 aliphatic rings. The molecule has 1 aromatic rings. The minimum Gasteiger partial charge on any atom is -0.455 e. The Bertz CT molecular complexity index is 621. The highest BCUT2D eigenvalue weighted by molar-refractivity contribution is 7.89. The van der Waals surface area contributed by atoms with Crippen molar-refractivity contribution >= 4 is 15.9 Å². The van der Waals surface area contributed by atoms with Crippen LogP contribution in [0.1, 0.15) is 48.9 Å². The van der Waals surface area contributed by atoms with Crippen LogP contribution in [0.4, 0.5) is 0 Å². The van der Waals surface area contributed by atoms with Gasteiger partial charge in [-0.1, -0.05) is 19.8 Å². The minimum atomic E-state index is -3.86. The average Bonchev–Trinajstić information content (AvgIpc) is 2.78. The van der Waals surface area contributed by atoms with E-state index in [1.54, 1.807) is 0 Å². The van der Waals surface area contributed by atoms with Gasteiger partial charge in [0.05, 0.1) is 0 Å². The van der Waals surface area contributed by atoms with E-state index in [-0.39, 0.29) is 16.4 Å². The van der Waals surface area contributed by atoms with Gasteiger partial charge in [-0.15, -0.1) is 0 Å². The number of nitrogens with two attached hydrogens (primary N) is 1. The fourth-order valence-corrected chi connectivity index (χ4v) is 3.64. The fraction of sp³-hybridized carbons (Fsp3) is 0.643. The molecule has 118 valence electrons. The number of amides is 1. The van der Waals surface area contributed by atoms with Crippen molar-refractivity contribution in [2.75, 3.05) is 6.54 Å². The standard InChI is InChI=1S/C14H22N2O4S/c1-9-4-3-5-11(6-9)8-16-14(17)12-7-13(10(2)20-12)21(15,18)19/h7,9,11H,3-6,8H2,1-2H3,(H,16,17)(H2,15,18,19). The van der Waals surface area contributed by atoms with E-state index >= 15 is 0 Å². The van der Waals surface area contributed by atoms with Gasteiger partial charge < -0.3 is 9.73 Å². The second-order valence-electron chi connectivity index (χ2n) is 5.92. The van der Waals surface area contributed by atoms with E-state index in [0.717, 1.165) is 12.8 Å². The molecule has 21 heavy (non-hydrogen) atoms. The van der Waals surface area contributed by atoms with E-state index in [1.807, 2.05) is 0 Å². The van der Waals surface area contributed by atoms with Crippen molar-refractivity contribution in [2.24, 2.45) is 17.0 Å². The maximum Gasteiger partial charge on any atom is 0.287 e. The lowest BCUT2D eigenvalue weighted by Gasteiger charge is -2.26. The van der Waals surface area contributed by atoms with Gasteiger partial charge in [-0.05, 0) is 31.6 Å².